The van der Waals surface area contributed by atoms with Crippen molar-refractivity contribution in [3.05, 3.63) is 28.7 Å². The molecule has 5 saturated carbocycles. The van der Waals surface area contributed by atoms with Gasteiger partial charge in [-0.2, -0.15) is 4.72 Å². The average molecular weight is 539 g/mol. The van der Waals surface area contributed by atoms with Crippen molar-refractivity contribution in [1.29, 1.82) is 0 Å². The van der Waals surface area contributed by atoms with Crippen LogP contribution in [-0.2, 0) is 19.6 Å². The molecule has 9 heteroatoms. The Morgan fingerprint density at radius 2 is 1.70 bits per heavy atom. The first-order chi connectivity index (χ1) is 15.4. The van der Waals surface area contributed by atoms with Gasteiger partial charge < -0.3 is 10.6 Å². The number of rotatable bonds is 7. The van der Waals surface area contributed by atoms with Crippen molar-refractivity contribution in [3.8, 4) is 0 Å². The maximum Gasteiger partial charge on any atom is 0.242 e. The molecule has 0 spiro atoms. The zero-order chi connectivity index (χ0) is 23.6. The molecule has 1 aromatic rings. The Bertz CT molecular complexity index is 1080. The second kappa shape index (κ2) is 7.78. The third-order valence-corrected chi connectivity index (χ3v) is 10.6. The van der Waals surface area contributed by atoms with Gasteiger partial charge in [0.15, 0.2) is 0 Å². The molecule has 4 bridgehead atoms. The van der Waals surface area contributed by atoms with Crippen LogP contribution in [0.25, 0.3) is 0 Å². The van der Waals surface area contributed by atoms with Crippen LogP contribution in [0.4, 0.5) is 0 Å². The predicted molar refractivity (Wildman–Crippen MR) is 128 cm³/mol. The second-order valence-corrected chi connectivity index (χ2v) is 13.9. The van der Waals surface area contributed by atoms with Gasteiger partial charge in [-0.3, -0.25) is 9.59 Å². The zero-order valence-electron chi connectivity index (χ0n) is 19.1. The van der Waals surface area contributed by atoms with E-state index in [0.717, 1.165) is 44.9 Å². The lowest BCUT2D eigenvalue weighted by molar-refractivity contribution is -0.154. The van der Waals surface area contributed by atoms with Crippen LogP contribution in [0.2, 0.25) is 0 Å². The molecule has 2 amide bonds. The van der Waals surface area contributed by atoms with Crippen molar-refractivity contribution in [3.63, 3.8) is 0 Å². The van der Waals surface area contributed by atoms with Gasteiger partial charge in [0.2, 0.25) is 21.8 Å². The van der Waals surface area contributed by atoms with Crippen molar-refractivity contribution in [2.24, 2.45) is 17.3 Å². The minimum Gasteiger partial charge on any atom is -0.353 e. The average Bonchev–Trinajstić information content (AvgIpc) is 3.50. The first-order valence-electron chi connectivity index (χ1n) is 11.8. The third-order valence-electron chi connectivity index (χ3n) is 7.92. The maximum atomic E-state index is 13.5. The standard InChI is InChI=1S/C24H32BrN3O4S/c1-22(2,28-33(31,32)19-6-4-3-5-18(19)25)20(29)27-24-12-15-9-16(13-24)11-23(10-15,14-24)21(30)26-17-7-8-17/h3-6,15-17,28H,7-14H2,1-2H3,(H,26,30)(H,27,29). The van der Waals surface area contributed by atoms with E-state index in [2.05, 4.69) is 31.3 Å². The van der Waals surface area contributed by atoms with Crippen molar-refractivity contribution >= 4 is 37.8 Å². The maximum absolute atomic E-state index is 13.5. The summed E-state index contributed by atoms with van der Waals surface area (Å²) < 4.78 is 29.1. The molecule has 7 nitrogen and oxygen atoms in total. The van der Waals surface area contributed by atoms with Gasteiger partial charge in [-0.15, -0.1) is 0 Å². The summed E-state index contributed by atoms with van der Waals surface area (Å²) in [6, 6.07) is 6.86. The van der Waals surface area contributed by atoms with E-state index in [-0.39, 0.29) is 16.7 Å². The molecule has 0 saturated heterocycles. The smallest absolute Gasteiger partial charge is 0.242 e. The van der Waals surface area contributed by atoms with Gasteiger partial charge in [0.25, 0.3) is 0 Å². The number of carbonyl (C=O) groups is 2. The van der Waals surface area contributed by atoms with E-state index in [1.54, 1.807) is 32.0 Å². The summed E-state index contributed by atoms with van der Waals surface area (Å²) in [5.41, 5.74) is -2.20. The number of sulfonamides is 1. The molecule has 2 unspecified atom stereocenters. The molecular weight excluding hydrogens is 506 g/mol. The predicted octanol–water partition coefficient (Wildman–Crippen LogP) is 3.24. The Morgan fingerprint density at radius 1 is 1.06 bits per heavy atom. The summed E-state index contributed by atoms with van der Waals surface area (Å²) in [6.45, 7) is 3.18. The lowest BCUT2D eigenvalue weighted by Crippen LogP contribution is -2.68. The topological polar surface area (TPSA) is 104 Å². The molecule has 0 heterocycles. The number of hydrogen-bond acceptors (Lipinski definition) is 4. The lowest BCUT2D eigenvalue weighted by atomic mass is 9.46. The Kier molecular flexibility index (Phi) is 5.49. The summed E-state index contributed by atoms with van der Waals surface area (Å²) in [7, 11) is -3.91. The minimum absolute atomic E-state index is 0.0939. The van der Waals surface area contributed by atoms with Gasteiger partial charge in [-0.1, -0.05) is 12.1 Å². The van der Waals surface area contributed by atoms with Crippen molar-refractivity contribution in [1.82, 2.24) is 15.4 Å². The number of carbonyl (C=O) groups excluding carboxylic acids is 2. The van der Waals surface area contributed by atoms with Crippen molar-refractivity contribution in [2.45, 2.75) is 87.2 Å². The number of halogens is 1. The van der Waals surface area contributed by atoms with Gasteiger partial charge >= 0.3 is 0 Å². The first kappa shape index (κ1) is 23.3. The van der Waals surface area contributed by atoms with Crippen LogP contribution in [0.3, 0.4) is 0 Å². The lowest BCUT2D eigenvalue weighted by Gasteiger charge is -2.61. The van der Waals surface area contributed by atoms with Gasteiger partial charge in [-0.25, -0.2) is 8.42 Å². The highest BCUT2D eigenvalue weighted by molar-refractivity contribution is 9.10. The van der Waals surface area contributed by atoms with Crippen LogP contribution in [0, 0.1) is 17.3 Å². The van der Waals surface area contributed by atoms with E-state index in [0.29, 0.717) is 28.8 Å². The van der Waals surface area contributed by atoms with Gasteiger partial charge in [-0.05, 0) is 105 Å². The Balaban J connectivity index is 1.34. The minimum atomic E-state index is -3.91. The van der Waals surface area contributed by atoms with E-state index in [1.807, 2.05) is 0 Å². The Labute approximate surface area is 204 Å². The largest absolute Gasteiger partial charge is 0.353 e. The van der Waals surface area contributed by atoms with Gasteiger partial charge in [0.05, 0.1) is 10.3 Å². The van der Waals surface area contributed by atoms with Gasteiger partial charge in [0.1, 0.15) is 5.54 Å². The highest BCUT2D eigenvalue weighted by atomic mass is 79.9. The number of nitrogens with one attached hydrogen (secondary N) is 3. The Hall–Kier alpha value is -1.45. The molecule has 180 valence electrons. The number of benzene rings is 1. The van der Waals surface area contributed by atoms with Crippen LogP contribution < -0.4 is 15.4 Å². The Morgan fingerprint density at radius 3 is 2.30 bits per heavy atom. The van der Waals surface area contributed by atoms with Crippen LogP contribution in [-0.4, -0.2) is 37.4 Å². The normalized spacial score (nSPS) is 33.1. The summed E-state index contributed by atoms with van der Waals surface area (Å²) in [5, 5.41) is 6.46. The molecule has 5 fully saturated rings. The molecule has 5 aliphatic carbocycles. The SMILES string of the molecule is CC(C)(NS(=O)(=O)c1ccccc1Br)C(=O)NC12CC3CC(C1)CC(C(=O)NC1CC1)(C3)C2. The molecule has 33 heavy (non-hydrogen) atoms. The van der Waals surface area contributed by atoms with Crippen molar-refractivity contribution < 1.29 is 18.0 Å². The molecule has 3 N–H and O–H groups in total. The summed E-state index contributed by atoms with van der Waals surface area (Å²) in [4.78, 5) is 26.8. The van der Waals surface area contributed by atoms with E-state index in [1.165, 1.54) is 6.07 Å². The quantitative estimate of drug-likeness (QED) is 0.496. The molecule has 1 aromatic carbocycles. The second-order valence-electron chi connectivity index (χ2n) is 11.4. The van der Waals surface area contributed by atoms with Crippen LogP contribution in [0.15, 0.2) is 33.6 Å². The van der Waals surface area contributed by atoms with Crippen LogP contribution in [0.5, 0.6) is 0 Å². The monoisotopic (exact) mass is 537 g/mol. The molecule has 0 aromatic heterocycles. The van der Waals surface area contributed by atoms with E-state index in [4.69, 9.17) is 0 Å². The fraction of sp³-hybridized carbons (Fsp3) is 0.667. The molecule has 5 aliphatic rings. The van der Waals surface area contributed by atoms with E-state index < -0.39 is 26.5 Å². The van der Waals surface area contributed by atoms with Crippen molar-refractivity contribution in [2.75, 3.05) is 0 Å². The molecular formula is C24H32BrN3O4S. The van der Waals surface area contributed by atoms with E-state index in [9.17, 15) is 18.0 Å². The zero-order valence-corrected chi connectivity index (χ0v) is 21.5. The molecule has 0 aliphatic heterocycles. The number of hydrogen-bond donors (Lipinski definition) is 3. The summed E-state index contributed by atoms with van der Waals surface area (Å²) in [5.74, 6) is 0.664. The molecule has 2 atom stereocenters. The highest BCUT2D eigenvalue weighted by Gasteiger charge is 2.61. The summed E-state index contributed by atoms with van der Waals surface area (Å²) in [6.07, 6.45) is 7.40. The molecule has 0 radical (unpaired) electrons. The number of amides is 2. The molecule has 6 rings (SSSR count). The van der Waals surface area contributed by atoms with Crippen LogP contribution >= 0.6 is 15.9 Å². The fourth-order valence-corrected chi connectivity index (χ4v) is 9.12. The van der Waals surface area contributed by atoms with Gasteiger partial charge in [0, 0.05) is 16.1 Å². The third kappa shape index (κ3) is 4.36. The highest BCUT2D eigenvalue weighted by Crippen LogP contribution is 2.62. The summed E-state index contributed by atoms with van der Waals surface area (Å²) >= 11 is 3.28. The van der Waals surface area contributed by atoms with Crippen LogP contribution in [0.1, 0.15) is 65.2 Å². The fourth-order valence-electron chi connectivity index (χ4n) is 6.74. The first-order valence-corrected chi connectivity index (χ1v) is 14.1. The van der Waals surface area contributed by atoms with E-state index >= 15 is 0 Å².